The smallest absolute Gasteiger partial charge is 0.243 e. The van der Waals surface area contributed by atoms with Crippen molar-refractivity contribution in [2.45, 2.75) is 44.6 Å². The van der Waals surface area contributed by atoms with Gasteiger partial charge < -0.3 is 5.32 Å². The molecule has 2 aromatic rings. The number of nitrogens with zero attached hydrogens (tertiary/aromatic N) is 3. The van der Waals surface area contributed by atoms with Gasteiger partial charge in [-0.25, -0.2) is 13.4 Å². The van der Waals surface area contributed by atoms with Gasteiger partial charge in [-0.15, -0.1) is 11.3 Å². The third-order valence-electron chi connectivity index (χ3n) is 4.82. The molecule has 1 saturated heterocycles. The Morgan fingerprint density at radius 2 is 1.76 bits per heavy atom. The van der Waals surface area contributed by atoms with Gasteiger partial charge >= 0.3 is 0 Å². The first-order valence-electron chi connectivity index (χ1n) is 9.61. The van der Waals surface area contributed by atoms with Crippen molar-refractivity contribution >= 4 is 33.0 Å². The van der Waals surface area contributed by atoms with Crippen LogP contribution >= 0.6 is 11.3 Å². The summed E-state index contributed by atoms with van der Waals surface area (Å²) in [5.74, 6) is -0.188. The van der Waals surface area contributed by atoms with Crippen molar-refractivity contribution in [3.8, 4) is 0 Å². The summed E-state index contributed by atoms with van der Waals surface area (Å²) in [5, 5.41) is 5.82. The molecule has 9 heteroatoms. The van der Waals surface area contributed by atoms with Crippen LogP contribution in [0.15, 0.2) is 34.5 Å². The molecule has 0 atom stereocenters. The number of carbonyl (C=O) groups excluding carboxylic acids is 1. The maximum Gasteiger partial charge on any atom is 0.243 e. The van der Waals surface area contributed by atoms with Crippen LogP contribution < -0.4 is 5.32 Å². The van der Waals surface area contributed by atoms with E-state index in [0.29, 0.717) is 31.9 Å². The van der Waals surface area contributed by atoms with Crippen molar-refractivity contribution in [3.63, 3.8) is 0 Å². The number of aromatic nitrogens is 1. The highest BCUT2D eigenvalue weighted by molar-refractivity contribution is 7.89. The minimum atomic E-state index is -3.54. The second-order valence-electron chi connectivity index (χ2n) is 8.26. The topological polar surface area (TPSA) is 82.6 Å². The van der Waals surface area contributed by atoms with Crippen molar-refractivity contribution in [2.24, 2.45) is 0 Å². The van der Waals surface area contributed by atoms with Crippen LogP contribution in [-0.2, 0) is 26.8 Å². The zero-order valence-electron chi connectivity index (χ0n) is 17.3. The molecule has 1 N–H and O–H groups in total. The summed E-state index contributed by atoms with van der Waals surface area (Å²) in [4.78, 5) is 18.3. The molecule has 2 heterocycles. The quantitative estimate of drug-likeness (QED) is 0.779. The van der Waals surface area contributed by atoms with Crippen LogP contribution in [0.4, 0.5) is 5.69 Å². The molecule has 0 aliphatic carbocycles. The number of amides is 1. The van der Waals surface area contributed by atoms with Crippen LogP contribution in [-0.4, -0.2) is 54.7 Å². The third kappa shape index (κ3) is 5.42. The fraction of sp³-hybridized carbons (Fsp3) is 0.500. The summed E-state index contributed by atoms with van der Waals surface area (Å²) >= 11 is 1.66. The van der Waals surface area contributed by atoms with E-state index < -0.39 is 10.0 Å². The highest BCUT2D eigenvalue weighted by Crippen LogP contribution is 2.25. The molecule has 1 aromatic carbocycles. The van der Waals surface area contributed by atoms with Gasteiger partial charge in [0.05, 0.1) is 17.1 Å². The van der Waals surface area contributed by atoms with Crippen LogP contribution in [0, 0.1) is 0 Å². The van der Waals surface area contributed by atoms with Gasteiger partial charge in [-0.2, -0.15) is 4.31 Å². The van der Waals surface area contributed by atoms with E-state index in [1.54, 1.807) is 23.5 Å². The van der Waals surface area contributed by atoms with Gasteiger partial charge in [0.15, 0.2) is 0 Å². The standard InChI is InChI=1S/C20H28N4O3S2/c1-15(25)21-16-5-7-17(8-6-16)29(26,27)24-11-9-23(10-12-24)13-19-22-18(14-28-19)20(2,3)4/h5-8,14H,9-13H2,1-4H3,(H,21,25). The number of sulfonamides is 1. The SMILES string of the molecule is CC(=O)Nc1ccc(S(=O)(=O)N2CCN(Cc3nc(C(C)(C)C)cs3)CC2)cc1. The van der Waals surface area contributed by atoms with Crippen molar-refractivity contribution in [3.05, 3.63) is 40.3 Å². The highest BCUT2D eigenvalue weighted by Gasteiger charge is 2.29. The van der Waals surface area contributed by atoms with Crippen LogP contribution in [0.25, 0.3) is 0 Å². The fourth-order valence-electron chi connectivity index (χ4n) is 3.11. The predicted molar refractivity (Wildman–Crippen MR) is 116 cm³/mol. The molecule has 29 heavy (non-hydrogen) atoms. The molecule has 3 rings (SSSR count). The summed E-state index contributed by atoms with van der Waals surface area (Å²) in [7, 11) is -3.54. The molecular formula is C20H28N4O3S2. The zero-order valence-corrected chi connectivity index (χ0v) is 18.9. The maximum absolute atomic E-state index is 12.9. The van der Waals surface area contributed by atoms with Crippen LogP contribution in [0.1, 0.15) is 38.4 Å². The lowest BCUT2D eigenvalue weighted by molar-refractivity contribution is -0.114. The molecule has 0 spiro atoms. The lowest BCUT2D eigenvalue weighted by Gasteiger charge is -2.33. The molecule has 7 nitrogen and oxygen atoms in total. The lowest BCUT2D eigenvalue weighted by atomic mass is 9.93. The van der Waals surface area contributed by atoms with E-state index in [-0.39, 0.29) is 16.2 Å². The Hall–Kier alpha value is -1.81. The maximum atomic E-state index is 12.9. The summed E-state index contributed by atoms with van der Waals surface area (Å²) in [5.41, 5.74) is 1.72. The van der Waals surface area contributed by atoms with Crippen LogP contribution in [0.5, 0.6) is 0 Å². The first kappa shape index (κ1) is 21.9. The average molecular weight is 437 g/mol. The van der Waals surface area contributed by atoms with Gasteiger partial charge in [0.25, 0.3) is 0 Å². The second-order valence-corrected chi connectivity index (χ2v) is 11.1. The molecule has 1 fully saturated rings. The van der Waals surface area contributed by atoms with Crippen molar-refractivity contribution in [1.29, 1.82) is 0 Å². The monoisotopic (exact) mass is 436 g/mol. The van der Waals surface area contributed by atoms with Crippen molar-refractivity contribution < 1.29 is 13.2 Å². The molecule has 0 saturated carbocycles. The van der Waals surface area contributed by atoms with E-state index in [2.05, 4.69) is 36.4 Å². The number of benzene rings is 1. The second kappa shape index (κ2) is 8.51. The third-order valence-corrected chi connectivity index (χ3v) is 7.57. The first-order chi connectivity index (χ1) is 13.6. The minimum absolute atomic E-state index is 0.0387. The van der Waals surface area contributed by atoms with E-state index in [0.717, 1.165) is 17.2 Å². The molecular weight excluding hydrogens is 408 g/mol. The number of nitrogens with one attached hydrogen (secondary N) is 1. The summed E-state index contributed by atoms with van der Waals surface area (Å²) in [6, 6.07) is 6.30. The van der Waals surface area contributed by atoms with Gasteiger partial charge in [0.1, 0.15) is 5.01 Å². The normalized spacial score (nSPS) is 16.7. The Labute approximate surface area is 176 Å². The minimum Gasteiger partial charge on any atom is -0.326 e. The Bertz CT molecular complexity index is 954. The number of hydrogen-bond acceptors (Lipinski definition) is 6. The lowest BCUT2D eigenvalue weighted by Crippen LogP contribution is -2.48. The summed E-state index contributed by atoms with van der Waals surface area (Å²) < 4.78 is 27.3. The van der Waals surface area contributed by atoms with Crippen molar-refractivity contribution in [2.75, 3.05) is 31.5 Å². The first-order valence-corrected chi connectivity index (χ1v) is 11.9. The highest BCUT2D eigenvalue weighted by atomic mass is 32.2. The molecule has 1 aliphatic heterocycles. The summed E-state index contributed by atoms with van der Waals surface area (Å²) in [6.45, 7) is 10.9. The summed E-state index contributed by atoms with van der Waals surface area (Å²) in [6.07, 6.45) is 0. The zero-order chi connectivity index (χ0) is 21.2. The number of carbonyl (C=O) groups is 1. The number of piperazine rings is 1. The van der Waals surface area contributed by atoms with Gasteiger partial charge in [-0.05, 0) is 24.3 Å². The van der Waals surface area contributed by atoms with Crippen LogP contribution in [0.2, 0.25) is 0 Å². The van der Waals surface area contributed by atoms with Gasteiger partial charge in [0.2, 0.25) is 15.9 Å². The molecule has 158 valence electrons. The van der Waals surface area contributed by atoms with E-state index in [1.165, 1.54) is 23.4 Å². The van der Waals surface area contributed by atoms with Gasteiger partial charge in [0, 0.05) is 49.6 Å². The van der Waals surface area contributed by atoms with E-state index in [9.17, 15) is 13.2 Å². The molecule has 1 aliphatic rings. The predicted octanol–water partition coefficient (Wildman–Crippen LogP) is 2.91. The Morgan fingerprint density at radius 3 is 2.28 bits per heavy atom. The van der Waals surface area contributed by atoms with E-state index in [4.69, 9.17) is 4.98 Å². The number of thiazole rings is 1. The van der Waals surface area contributed by atoms with E-state index >= 15 is 0 Å². The van der Waals surface area contributed by atoms with Gasteiger partial charge in [-0.3, -0.25) is 9.69 Å². The van der Waals surface area contributed by atoms with E-state index in [1.807, 2.05) is 0 Å². The number of hydrogen-bond donors (Lipinski definition) is 1. The Morgan fingerprint density at radius 1 is 1.14 bits per heavy atom. The molecule has 1 amide bonds. The fourth-order valence-corrected chi connectivity index (χ4v) is 5.59. The number of anilines is 1. The molecule has 0 radical (unpaired) electrons. The Kier molecular flexibility index (Phi) is 6.42. The average Bonchev–Trinajstić information content (AvgIpc) is 3.11. The molecule has 0 unspecified atom stereocenters. The van der Waals surface area contributed by atoms with Crippen LogP contribution in [0.3, 0.4) is 0 Å². The van der Waals surface area contributed by atoms with Gasteiger partial charge in [-0.1, -0.05) is 20.8 Å². The Balaban J connectivity index is 1.59. The molecule has 0 bridgehead atoms. The number of rotatable bonds is 5. The molecule has 1 aromatic heterocycles. The largest absolute Gasteiger partial charge is 0.326 e. The van der Waals surface area contributed by atoms with Crippen molar-refractivity contribution in [1.82, 2.24) is 14.2 Å².